The number of nitrogens with two attached hydrogens (primary N) is 1. The second-order valence-corrected chi connectivity index (χ2v) is 4.21. The summed E-state index contributed by atoms with van der Waals surface area (Å²) in [6.45, 7) is 4.10. The van der Waals surface area contributed by atoms with Gasteiger partial charge in [0, 0.05) is 5.54 Å². The minimum Gasteiger partial charge on any atom is -0.322 e. The van der Waals surface area contributed by atoms with Crippen LogP contribution in [0.15, 0.2) is 18.2 Å². The van der Waals surface area contributed by atoms with Gasteiger partial charge in [0.2, 0.25) is 0 Å². The average molecular weight is 161 g/mol. The van der Waals surface area contributed by atoms with Crippen molar-refractivity contribution in [2.45, 2.75) is 32.2 Å². The van der Waals surface area contributed by atoms with E-state index in [0.717, 1.165) is 0 Å². The molecule has 1 heteroatoms. The van der Waals surface area contributed by atoms with E-state index in [9.17, 15) is 0 Å². The highest BCUT2D eigenvalue weighted by atomic mass is 14.7. The Morgan fingerprint density at radius 2 is 1.83 bits per heavy atom. The lowest BCUT2D eigenvalue weighted by Gasteiger charge is -2.25. The van der Waals surface area contributed by atoms with Crippen molar-refractivity contribution in [3.8, 4) is 0 Å². The molecule has 64 valence electrons. The lowest BCUT2D eigenvalue weighted by atomic mass is 9.83. The molecule has 12 heavy (non-hydrogen) atoms. The van der Waals surface area contributed by atoms with E-state index in [1.54, 1.807) is 0 Å². The first kappa shape index (κ1) is 7.81. The molecule has 0 atom stereocenters. The van der Waals surface area contributed by atoms with Crippen LogP contribution in [0.4, 0.5) is 0 Å². The second-order valence-electron chi connectivity index (χ2n) is 4.21. The summed E-state index contributed by atoms with van der Waals surface area (Å²) >= 11 is 0. The van der Waals surface area contributed by atoms with E-state index < -0.39 is 0 Å². The third kappa shape index (κ3) is 1.14. The van der Waals surface area contributed by atoms with Gasteiger partial charge in [-0.15, -0.1) is 0 Å². The van der Waals surface area contributed by atoms with Gasteiger partial charge in [-0.2, -0.15) is 0 Å². The summed E-state index contributed by atoms with van der Waals surface area (Å²) in [6.07, 6.45) is 2.49. The standard InChI is InChI=1S/C11H15N/c1-11(2,12)10-6-5-8-3-4-9(8)7-10/h5-7H,3-4,12H2,1-2H3. The van der Waals surface area contributed by atoms with Gasteiger partial charge in [0.15, 0.2) is 0 Å². The summed E-state index contributed by atoms with van der Waals surface area (Å²) in [5, 5.41) is 0. The molecule has 1 nitrogen and oxygen atoms in total. The van der Waals surface area contributed by atoms with Crippen LogP contribution in [0.2, 0.25) is 0 Å². The molecule has 2 rings (SSSR count). The van der Waals surface area contributed by atoms with Crippen molar-refractivity contribution in [1.29, 1.82) is 0 Å². The molecular formula is C11H15N. The number of hydrogen-bond acceptors (Lipinski definition) is 1. The summed E-state index contributed by atoms with van der Waals surface area (Å²) in [7, 11) is 0. The van der Waals surface area contributed by atoms with Gasteiger partial charge in [0.25, 0.3) is 0 Å². The highest BCUT2D eigenvalue weighted by molar-refractivity contribution is 5.40. The first-order valence-corrected chi connectivity index (χ1v) is 4.48. The Kier molecular flexibility index (Phi) is 1.52. The molecule has 0 spiro atoms. The molecule has 0 fully saturated rings. The fourth-order valence-electron chi connectivity index (χ4n) is 1.60. The van der Waals surface area contributed by atoms with Crippen molar-refractivity contribution in [1.82, 2.24) is 0 Å². The number of aryl methyl sites for hydroxylation is 2. The molecular weight excluding hydrogens is 146 g/mol. The Bertz CT molecular complexity index is 307. The van der Waals surface area contributed by atoms with E-state index in [1.807, 2.05) is 13.8 Å². The van der Waals surface area contributed by atoms with Gasteiger partial charge < -0.3 is 5.73 Å². The third-order valence-corrected chi connectivity index (χ3v) is 2.61. The molecule has 0 saturated heterocycles. The fraction of sp³-hybridized carbons (Fsp3) is 0.455. The summed E-state index contributed by atoms with van der Waals surface area (Å²) in [5.74, 6) is 0. The van der Waals surface area contributed by atoms with E-state index in [-0.39, 0.29) is 5.54 Å². The van der Waals surface area contributed by atoms with Gasteiger partial charge in [0.1, 0.15) is 0 Å². The zero-order valence-electron chi connectivity index (χ0n) is 7.72. The van der Waals surface area contributed by atoms with Crippen molar-refractivity contribution in [2.75, 3.05) is 0 Å². The summed E-state index contributed by atoms with van der Waals surface area (Å²) in [6, 6.07) is 6.61. The first-order valence-electron chi connectivity index (χ1n) is 4.48. The number of rotatable bonds is 1. The monoisotopic (exact) mass is 161 g/mol. The van der Waals surface area contributed by atoms with Gasteiger partial charge in [0.05, 0.1) is 0 Å². The maximum Gasteiger partial charge on any atom is 0.0352 e. The molecule has 0 aliphatic heterocycles. The molecule has 1 aliphatic rings. The van der Waals surface area contributed by atoms with Crippen molar-refractivity contribution < 1.29 is 0 Å². The van der Waals surface area contributed by atoms with Gasteiger partial charge >= 0.3 is 0 Å². The van der Waals surface area contributed by atoms with Crippen LogP contribution < -0.4 is 5.73 Å². The van der Waals surface area contributed by atoms with Crippen molar-refractivity contribution >= 4 is 0 Å². The second kappa shape index (κ2) is 2.33. The SMILES string of the molecule is CC(C)(N)c1ccc2c(c1)CC2. The van der Waals surface area contributed by atoms with Crippen LogP contribution in [0.1, 0.15) is 30.5 Å². The molecule has 2 N–H and O–H groups in total. The molecule has 0 saturated carbocycles. The zero-order chi connectivity index (χ0) is 8.77. The maximum absolute atomic E-state index is 6.00. The molecule has 1 aromatic carbocycles. The smallest absolute Gasteiger partial charge is 0.0352 e. The molecule has 0 bridgehead atoms. The van der Waals surface area contributed by atoms with Gasteiger partial charge in [-0.05, 0) is 43.4 Å². The van der Waals surface area contributed by atoms with Crippen molar-refractivity contribution in [3.05, 3.63) is 34.9 Å². The van der Waals surface area contributed by atoms with E-state index in [1.165, 1.54) is 29.5 Å². The molecule has 0 aromatic heterocycles. The highest BCUT2D eigenvalue weighted by Gasteiger charge is 2.18. The van der Waals surface area contributed by atoms with Crippen LogP contribution in [0.3, 0.4) is 0 Å². The van der Waals surface area contributed by atoms with E-state index >= 15 is 0 Å². The van der Waals surface area contributed by atoms with Crippen molar-refractivity contribution in [2.24, 2.45) is 5.73 Å². The van der Waals surface area contributed by atoms with E-state index in [4.69, 9.17) is 5.73 Å². The summed E-state index contributed by atoms with van der Waals surface area (Å²) in [4.78, 5) is 0. The van der Waals surface area contributed by atoms with Gasteiger partial charge in [-0.1, -0.05) is 18.2 Å². The van der Waals surface area contributed by atoms with Gasteiger partial charge in [-0.25, -0.2) is 0 Å². The maximum atomic E-state index is 6.00. The van der Waals surface area contributed by atoms with Crippen LogP contribution in [0, 0.1) is 0 Å². The third-order valence-electron chi connectivity index (χ3n) is 2.61. The summed E-state index contributed by atoms with van der Waals surface area (Å²) in [5.41, 5.74) is 10.1. The van der Waals surface area contributed by atoms with Crippen LogP contribution in [-0.2, 0) is 18.4 Å². The Morgan fingerprint density at radius 1 is 1.17 bits per heavy atom. The quantitative estimate of drug-likeness (QED) is 0.669. The lowest BCUT2D eigenvalue weighted by Crippen LogP contribution is -2.29. The Hall–Kier alpha value is -0.820. The minimum atomic E-state index is -0.190. The van der Waals surface area contributed by atoms with E-state index in [2.05, 4.69) is 18.2 Å². The number of hydrogen-bond donors (Lipinski definition) is 1. The van der Waals surface area contributed by atoms with Gasteiger partial charge in [-0.3, -0.25) is 0 Å². The minimum absolute atomic E-state index is 0.190. The van der Waals surface area contributed by atoms with Crippen LogP contribution >= 0.6 is 0 Å². The normalized spacial score (nSPS) is 15.2. The van der Waals surface area contributed by atoms with Crippen LogP contribution in [0.5, 0.6) is 0 Å². The van der Waals surface area contributed by atoms with Crippen molar-refractivity contribution in [3.63, 3.8) is 0 Å². The van der Waals surface area contributed by atoms with Crippen LogP contribution in [-0.4, -0.2) is 0 Å². The molecule has 0 heterocycles. The Balaban J connectivity index is 2.42. The Labute approximate surface area is 73.6 Å². The lowest BCUT2D eigenvalue weighted by molar-refractivity contribution is 0.552. The Morgan fingerprint density at radius 3 is 2.25 bits per heavy atom. The highest BCUT2D eigenvalue weighted by Crippen LogP contribution is 2.27. The molecule has 1 aliphatic carbocycles. The number of fused-ring (bicyclic) bond motifs is 1. The number of benzene rings is 1. The first-order chi connectivity index (χ1) is 5.57. The predicted molar refractivity (Wildman–Crippen MR) is 51.1 cm³/mol. The van der Waals surface area contributed by atoms with Crippen LogP contribution in [0.25, 0.3) is 0 Å². The predicted octanol–water partition coefficient (Wildman–Crippen LogP) is 1.98. The average Bonchev–Trinajstić information content (AvgIpc) is 1.89. The largest absolute Gasteiger partial charge is 0.322 e. The summed E-state index contributed by atoms with van der Waals surface area (Å²) < 4.78 is 0. The van der Waals surface area contributed by atoms with E-state index in [0.29, 0.717) is 0 Å². The fourth-order valence-corrected chi connectivity index (χ4v) is 1.60. The molecule has 0 radical (unpaired) electrons. The topological polar surface area (TPSA) is 26.0 Å². The molecule has 1 aromatic rings. The zero-order valence-corrected chi connectivity index (χ0v) is 7.72. The molecule has 0 unspecified atom stereocenters. The molecule has 0 amide bonds.